The quantitative estimate of drug-likeness (QED) is 0.661. The van der Waals surface area contributed by atoms with E-state index in [4.69, 9.17) is 10.5 Å². The van der Waals surface area contributed by atoms with Crippen LogP contribution in [-0.4, -0.2) is 34.7 Å². The molecule has 1 aliphatic carbocycles. The van der Waals surface area contributed by atoms with Gasteiger partial charge in [0.25, 0.3) is 0 Å². The van der Waals surface area contributed by atoms with Gasteiger partial charge in [0.2, 0.25) is 0 Å². The van der Waals surface area contributed by atoms with Crippen molar-refractivity contribution in [1.82, 2.24) is 4.90 Å². The van der Waals surface area contributed by atoms with Crippen LogP contribution in [0.5, 0.6) is 0 Å². The highest BCUT2D eigenvalue weighted by Gasteiger charge is 2.48. The number of amides is 1. The van der Waals surface area contributed by atoms with Gasteiger partial charge >= 0.3 is 6.09 Å². The molecule has 2 heterocycles. The highest BCUT2D eigenvalue weighted by atomic mass is 16.6. The molecular formula is C11H20N2O2. The average Bonchev–Trinajstić information content (AvgIpc) is 1.98. The molecule has 2 aliphatic heterocycles. The predicted molar refractivity (Wildman–Crippen MR) is 57.5 cm³/mol. The summed E-state index contributed by atoms with van der Waals surface area (Å²) in [5.41, 5.74) is 5.47. The Bertz CT molecular complexity index is 260. The first-order chi connectivity index (χ1) is 6.87. The van der Waals surface area contributed by atoms with Gasteiger partial charge in [-0.15, -0.1) is 0 Å². The van der Waals surface area contributed by atoms with Crippen LogP contribution in [-0.2, 0) is 4.74 Å². The van der Waals surface area contributed by atoms with Gasteiger partial charge in [-0.2, -0.15) is 0 Å². The first-order valence-electron chi connectivity index (χ1n) is 5.64. The maximum absolute atomic E-state index is 11.8. The van der Waals surface area contributed by atoms with Crippen molar-refractivity contribution in [3.8, 4) is 0 Å². The second kappa shape index (κ2) is 3.37. The second-order valence-electron chi connectivity index (χ2n) is 5.66. The van der Waals surface area contributed by atoms with Crippen molar-refractivity contribution in [2.75, 3.05) is 0 Å². The fraction of sp³-hybridized carbons (Fsp3) is 0.909. The number of carbonyl (C=O) groups is 1. The van der Waals surface area contributed by atoms with E-state index in [0.29, 0.717) is 12.1 Å². The van der Waals surface area contributed by atoms with E-state index < -0.39 is 5.60 Å². The Hall–Kier alpha value is -0.770. The van der Waals surface area contributed by atoms with Gasteiger partial charge < -0.3 is 15.4 Å². The largest absolute Gasteiger partial charge is 0.444 e. The number of nitrogens with two attached hydrogens (primary N) is 1. The molecule has 4 nitrogen and oxygen atoms in total. The summed E-state index contributed by atoms with van der Waals surface area (Å²) in [7, 11) is 0. The highest BCUT2D eigenvalue weighted by Crippen LogP contribution is 2.38. The lowest BCUT2D eigenvalue weighted by molar-refractivity contribution is -0.0554. The molecule has 15 heavy (non-hydrogen) atoms. The Morgan fingerprint density at radius 3 is 2.27 bits per heavy atom. The van der Waals surface area contributed by atoms with Crippen LogP contribution in [0.1, 0.15) is 40.0 Å². The fourth-order valence-electron chi connectivity index (χ4n) is 2.53. The molecule has 1 unspecified atom stereocenters. The van der Waals surface area contributed by atoms with Crippen LogP contribution in [0.3, 0.4) is 0 Å². The van der Waals surface area contributed by atoms with E-state index in [0.717, 1.165) is 19.3 Å². The van der Waals surface area contributed by atoms with E-state index in [2.05, 4.69) is 0 Å². The SMILES string of the molecule is CC(C)(C)OC(=O)N1[C@@H]2CC(N)C[C@H]1C2. The van der Waals surface area contributed by atoms with Crippen molar-refractivity contribution in [1.29, 1.82) is 0 Å². The molecule has 3 fully saturated rings. The molecule has 0 aromatic heterocycles. The van der Waals surface area contributed by atoms with Crippen LogP contribution < -0.4 is 5.73 Å². The molecule has 0 aromatic carbocycles. The molecule has 3 aliphatic rings. The minimum atomic E-state index is -0.400. The number of hydrogen-bond donors (Lipinski definition) is 1. The minimum Gasteiger partial charge on any atom is -0.444 e. The predicted octanol–water partition coefficient (Wildman–Crippen LogP) is 1.49. The van der Waals surface area contributed by atoms with Gasteiger partial charge in [0, 0.05) is 18.1 Å². The van der Waals surface area contributed by atoms with Crippen molar-refractivity contribution in [2.24, 2.45) is 5.73 Å². The topological polar surface area (TPSA) is 55.6 Å². The Morgan fingerprint density at radius 2 is 1.80 bits per heavy atom. The molecule has 2 bridgehead atoms. The number of fused-ring (bicyclic) bond motifs is 2. The Kier molecular flexibility index (Phi) is 2.41. The molecule has 0 aromatic rings. The molecule has 4 heteroatoms. The molecule has 86 valence electrons. The van der Waals surface area contributed by atoms with Gasteiger partial charge in [0.1, 0.15) is 5.60 Å². The van der Waals surface area contributed by atoms with Crippen LogP contribution in [0.25, 0.3) is 0 Å². The maximum atomic E-state index is 11.8. The van der Waals surface area contributed by atoms with E-state index in [1.807, 2.05) is 25.7 Å². The Morgan fingerprint density at radius 1 is 1.27 bits per heavy atom. The van der Waals surface area contributed by atoms with Crippen LogP contribution in [0.4, 0.5) is 4.79 Å². The van der Waals surface area contributed by atoms with Crippen molar-refractivity contribution in [3.05, 3.63) is 0 Å². The van der Waals surface area contributed by atoms with E-state index in [-0.39, 0.29) is 12.1 Å². The summed E-state index contributed by atoms with van der Waals surface area (Å²) in [6.07, 6.45) is 2.79. The smallest absolute Gasteiger partial charge is 0.410 e. The zero-order valence-corrected chi connectivity index (χ0v) is 9.69. The zero-order valence-electron chi connectivity index (χ0n) is 9.69. The molecule has 2 N–H and O–H groups in total. The minimum absolute atomic E-state index is 0.171. The standard InChI is InChI=1S/C11H20N2O2/c1-11(2,3)15-10(14)13-8-4-7(12)5-9(13)6-8/h7-9H,4-6,12H2,1-3H3/t7?,8-,9+. The molecule has 1 saturated carbocycles. The first kappa shape index (κ1) is 10.7. The number of ether oxygens (including phenoxy) is 1. The van der Waals surface area contributed by atoms with Crippen LogP contribution in [0.2, 0.25) is 0 Å². The van der Waals surface area contributed by atoms with Gasteiger partial charge in [-0.25, -0.2) is 4.79 Å². The Balaban J connectivity index is 1.94. The number of rotatable bonds is 0. The lowest BCUT2D eigenvalue weighted by Gasteiger charge is -2.54. The van der Waals surface area contributed by atoms with Gasteiger partial charge in [-0.3, -0.25) is 0 Å². The Labute approximate surface area is 90.8 Å². The van der Waals surface area contributed by atoms with Crippen molar-refractivity contribution in [3.63, 3.8) is 0 Å². The second-order valence-corrected chi connectivity index (χ2v) is 5.66. The molecule has 0 radical (unpaired) electrons. The number of hydrogen-bond acceptors (Lipinski definition) is 3. The summed E-state index contributed by atoms with van der Waals surface area (Å²) in [5, 5.41) is 0. The summed E-state index contributed by atoms with van der Waals surface area (Å²) in [4.78, 5) is 13.7. The van der Waals surface area contributed by atoms with Crippen molar-refractivity contribution < 1.29 is 9.53 Å². The summed E-state index contributed by atoms with van der Waals surface area (Å²) in [6, 6.07) is 0.926. The fourth-order valence-corrected chi connectivity index (χ4v) is 2.53. The van der Waals surface area contributed by atoms with Gasteiger partial charge in [0.15, 0.2) is 0 Å². The normalized spacial score (nSPS) is 34.7. The monoisotopic (exact) mass is 212 g/mol. The highest BCUT2D eigenvalue weighted by molar-refractivity contribution is 5.70. The summed E-state index contributed by atoms with van der Waals surface area (Å²) < 4.78 is 5.36. The van der Waals surface area contributed by atoms with E-state index in [9.17, 15) is 4.79 Å². The van der Waals surface area contributed by atoms with Gasteiger partial charge in [0.05, 0.1) is 0 Å². The number of nitrogens with zero attached hydrogens (tertiary/aromatic N) is 1. The summed E-state index contributed by atoms with van der Waals surface area (Å²) in [5.74, 6) is 0. The van der Waals surface area contributed by atoms with Crippen LogP contribution in [0.15, 0.2) is 0 Å². The van der Waals surface area contributed by atoms with Crippen LogP contribution in [0, 0.1) is 0 Å². The third kappa shape index (κ3) is 2.09. The maximum Gasteiger partial charge on any atom is 0.410 e. The third-order valence-electron chi connectivity index (χ3n) is 3.08. The average molecular weight is 212 g/mol. The molecule has 1 amide bonds. The lowest BCUT2D eigenvalue weighted by Crippen LogP contribution is -2.65. The van der Waals surface area contributed by atoms with E-state index in [1.54, 1.807) is 0 Å². The molecule has 2 saturated heterocycles. The van der Waals surface area contributed by atoms with E-state index >= 15 is 0 Å². The van der Waals surface area contributed by atoms with Crippen molar-refractivity contribution >= 4 is 6.09 Å². The summed E-state index contributed by atoms with van der Waals surface area (Å²) >= 11 is 0. The van der Waals surface area contributed by atoms with Gasteiger partial charge in [-0.1, -0.05) is 0 Å². The van der Waals surface area contributed by atoms with Gasteiger partial charge in [-0.05, 0) is 40.0 Å². The molecular weight excluding hydrogens is 192 g/mol. The molecule has 3 rings (SSSR count). The first-order valence-corrected chi connectivity index (χ1v) is 5.64. The number of carbonyl (C=O) groups excluding carboxylic acids is 1. The van der Waals surface area contributed by atoms with Crippen molar-refractivity contribution in [2.45, 2.75) is 63.8 Å². The number of piperidine rings is 1. The summed E-state index contributed by atoms with van der Waals surface area (Å²) in [6.45, 7) is 5.69. The molecule has 0 spiro atoms. The lowest BCUT2D eigenvalue weighted by atomic mass is 9.77. The third-order valence-corrected chi connectivity index (χ3v) is 3.08. The zero-order chi connectivity index (χ0) is 11.2. The van der Waals surface area contributed by atoms with Crippen LogP contribution >= 0.6 is 0 Å². The van der Waals surface area contributed by atoms with E-state index in [1.165, 1.54) is 0 Å². The molecule has 3 atom stereocenters.